The number of carbonyl (C=O) groups is 2. The summed E-state index contributed by atoms with van der Waals surface area (Å²) in [5, 5.41) is 3.77. The Bertz CT molecular complexity index is 1620. The number of fused-ring (bicyclic) bond motifs is 1. The molecule has 2 amide bonds. The molecule has 208 valence electrons. The number of nitrogen functional groups attached to an aromatic ring is 1. The molecule has 8 nitrogen and oxygen atoms in total. The highest BCUT2D eigenvalue weighted by atomic mass is 16.5. The summed E-state index contributed by atoms with van der Waals surface area (Å²) in [7, 11) is 0. The summed E-state index contributed by atoms with van der Waals surface area (Å²) >= 11 is 0. The molecule has 0 saturated carbocycles. The molecule has 5 aromatic rings. The van der Waals surface area contributed by atoms with Crippen LogP contribution in [0.2, 0.25) is 0 Å². The van der Waals surface area contributed by atoms with Gasteiger partial charge in [-0.3, -0.25) is 14.5 Å². The third kappa shape index (κ3) is 6.50. The van der Waals surface area contributed by atoms with Crippen molar-refractivity contribution in [2.24, 2.45) is 0 Å². The minimum Gasteiger partial charge on any atom is -0.492 e. The standard InChI is InChI=1S/C33H32N4O4/c1-2-36(26-10-4-3-5-11-26)22-25-9-8-14-31-28(25)21-32(41-31)37(23-38)19-20-40-27-17-15-24(16-18-27)33(39)35-30-13-7-6-12-29(30)34/h3-18,21,23H,2,19-20,22,34H2,1H3,(H,35,39). The van der Waals surface area contributed by atoms with Crippen molar-refractivity contribution in [3.05, 3.63) is 114 Å². The molecule has 0 radical (unpaired) electrons. The fourth-order valence-electron chi connectivity index (χ4n) is 4.60. The molecule has 0 unspecified atom stereocenters. The lowest BCUT2D eigenvalue weighted by molar-refractivity contribution is -0.107. The molecule has 0 aliphatic carbocycles. The van der Waals surface area contributed by atoms with Crippen molar-refractivity contribution in [1.82, 2.24) is 0 Å². The van der Waals surface area contributed by atoms with Crippen molar-refractivity contribution in [2.75, 3.05) is 40.5 Å². The van der Waals surface area contributed by atoms with Gasteiger partial charge in [0.1, 0.15) is 17.9 Å². The van der Waals surface area contributed by atoms with Gasteiger partial charge in [-0.2, -0.15) is 0 Å². The van der Waals surface area contributed by atoms with E-state index in [-0.39, 0.29) is 12.5 Å². The lowest BCUT2D eigenvalue weighted by Crippen LogP contribution is -2.26. The fourth-order valence-corrected chi connectivity index (χ4v) is 4.60. The molecule has 5 rings (SSSR count). The van der Waals surface area contributed by atoms with Crippen LogP contribution in [0.15, 0.2) is 108 Å². The zero-order valence-electron chi connectivity index (χ0n) is 22.8. The quantitative estimate of drug-likeness (QED) is 0.139. The van der Waals surface area contributed by atoms with E-state index < -0.39 is 0 Å². The first kappa shape index (κ1) is 27.3. The number of rotatable bonds is 12. The Hall–Kier alpha value is -5.24. The predicted octanol–water partition coefficient (Wildman–Crippen LogP) is 6.34. The van der Waals surface area contributed by atoms with Crippen molar-refractivity contribution >= 4 is 46.2 Å². The molecule has 0 aliphatic rings. The SMILES string of the molecule is CCN(Cc1cccc2oc(N(C=O)CCOc3ccc(C(=O)Nc4ccccc4N)cc3)cc12)c1ccccc1. The van der Waals surface area contributed by atoms with E-state index in [1.54, 1.807) is 42.5 Å². The van der Waals surface area contributed by atoms with Gasteiger partial charge >= 0.3 is 0 Å². The molecule has 0 saturated heterocycles. The largest absolute Gasteiger partial charge is 0.492 e. The second-order valence-electron chi connectivity index (χ2n) is 9.48. The van der Waals surface area contributed by atoms with Crippen molar-refractivity contribution in [3.8, 4) is 5.75 Å². The minimum atomic E-state index is -0.267. The van der Waals surface area contributed by atoms with E-state index in [9.17, 15) is 9.59 Å². The smallest absolute Gasteiger partial charge is 0.255 e. The van der Waals surface area contributed by atoms with Gasteiger partial charge in [0.25, 0.3) is 5.91 Å². The summed E-state index contributed by atoms with van der Waals surface area (Å²) in [5.41, 5.74) is 10.4. The van der Waals surface area contributed by atoms with Gasteiger partial charge in [-0.15, -0.1) is 0 Å². The maximum Gasteiger partial charge on any atom is 0.255 e. The summed E-state index contributed by atoms with van der Waals surface area (Å²) in [6.07, 6.45) is 0.742. The van der Waals surface area contributed by atoms with Crippen LogP contribution in [0.25, 0.3) is 11.0 Å². The summed E-state index contributed by atoms with van der Waals surface area (Å²) in [4.78, 5) is 28.3. The highest BCUT2D eigenvalue weighted by Crippen LogP contribution is 2.30. The first-order valence-electron chi connectivity index (χ1n) is 13.5. The Labute approximate surface area is 238 Å². The highest BCUT2D eigenvalue weighted by Gasteiger charge is 2.16. The molecular weight excluding hydrogens is 516 g/mol. The van der Waals surface area contributed by atoms with Crippen molar-refractivity contribution < 1.29 is 18.7 Å². The monoisotopic (exact) mass is 548 g/mol. The Morgan fingerprint density at radius 1 is 0.951 bits per heavy atom. The topological polar surface area (TPSA) is 101 Å². The number of nitrogens with two attached hydrogens (primary N) is 1. The third-order valence-electron chi connectivity index (χ3n) is 6.84. The zero-order chi connectivity index (χ0) is 28.6. The van der Waals surface area contributed by atoms with Gasteiger partial charge in [0.15, 0.2) is 0 Å². The molecule has 0 fully saturated rings. The molecule has 0 spiro atoms. The van der Waals surface area contributed by atoms with E-state index in [2.05, 4.69) is 35.3 Å². The number of amides is 2. The number of carbonyl (C=O) groups excluding carboxylic acids is 2. The lowest BCUT2D eigenvalue weighted by atomic mass is 10.1. The van der Waals surface area contributed by atoms with Gasteiger partial charge in [-0.25, -0.2) is 0 Å². The Morgan fingerprint density at radius 2 is 1.71 bits per heavy atom. The number of anilines is 4. The minimum absolute atomic E-state index is 0.242. The highest BCUT2D eigenvalue weighted by molar-refractivity contribution is 6.05. The number of hydrogen-bond acceptors (Lipinski definition) is 6. The summed E-state index contributed by atoms with van der Waals surface area (Å²) in [5.74, 6) is 0.775. The molecule has 1 aromatic heterocycles. The van der Waals surface area contributed by atoms with Crippen LogP contribution in [0.1, 0.15) is 22.8 Å². The van der Waals surface area contributed by atoms with Crippen molar-refractivity contribution in [1.29, 1.82) is 0 Å². The number of furan rings is 1. The second-order valence-corrected chi connectivity index (χ2v) is 9.48. The average molecular weight is 549 g/mol. The van der Waals surface area contributed by atoms with Gasteiger partial charge in [0.2, 0.25) is 12.3 Å². The summed E-state index contributed by atoms with van der Waals surface area (Å²) < 4.78 is 11.9. The summed E-state index contributed by atoms with van der Waals surface area (Å²) in [6.45, 7) is 4.24. The maximum absolute atomic E-state index is 12.6. The molecule has 0 bridgehead atoms. The van der Waals surface area contributed by atoms with Gasteiger partial charge in [-0.1, -0.05) is 42.5 Å². The molecular formula is C33H32N4O4. The van der Waals surface area contributed by atoms with E-state index in [1.165, 1.54) is 4.90 Å². The Morgan fingerprint density at radius 3 is 2.44 bits per heavy atom. The molecule has 41 heavy (non-hydrogen) atoms. The zero-order valence-corrected chi connectivity index (χ0v) is 22.8. The van der Waals surface area contributed by atoms with Crippen LogP contribution >= 0.6 is 0 Å². The number of para-hydroxylation sites is 3. The fraction of sp³-hybridized carbons (Fsp3) is 0.152. The first-order valence-corrected chi connectivity index (χ1v) is 13.5. The molecule has 4 aromatic carbocycles. The molecule has 3 N–H and O–H groups in total. The van der Waals surface area contributed by atoms with E-state index >= 15 is 0 Å². The van der Waals surface area contributed by atoms with Gasteiger partial charge < -0.3 is 25.1 Å². The number of hydrogen-bond donors (Lipinski definition) is 2. The molecule has 1 heterocycles. The van der Waals surface area contributed by atoms with Crippen LogP contribution < -0.4 is 25.6 Å². The second kappa shape index (κ2) is 12.7. The van der Waals surface area contributed by atoms with Crippen LogP contribution in [0.5, 0.6) is 5.75 Å². The normalized spacial score (nSPS) is 10.8. The third-order valence-corrected chi connectivity index (χ3v) is 6.84. The molecule has 8 heteroatoms. The van der Waals surface area contributed by atoms with Crippen LogP contribution in [0.4, 0.5) is 22.9 Å². The van der Waals surface area contributed by atoms with Crippen LogP contribution in [-0.2, 0) is 11.3 Å². The van der Waals surface area contributed by atoms with Crippen molar-refractivity contribution in [3.63, 3.8) is 0 Å². The number of ether oxygens (including phenoxy) is 1. The van der Waals surface area contributed by atoms with Gasteiger partial charge in [0, 0.05) is 35.8 Å². The van der Waals surface area contributed by atoms with E-state index in [0.717, 1.165) is 35.2 Å². The van der Waals surface area contributed by atoms with Crippen molar-refractivity contribution in [2.45, 2.75) is 13.5 Å². The van der Waals surface area contributed by atoms with Crippen LogP contribution in [-0.4, -0.2) is 32.0 Å². The maximum atomic E-state index is 12.6. The number of nitrogens with zero attached hydrogens (tertiary/aromatic N) is 2. The average Bonchev–Trinajstić information content (AvgIpc) is 3.45. The Balaban J connectivity index is 1.20. The first-order chi connectivity index (χ1) is 20.1. The van der Waals surface area contributed by atoms with E-state index in [1.807, 2.05) is 42.5 Å². The molecule has 0 atom stereocenters. The number of nitrogens with one attached hydrogen (secondary N) is 1. The predicted molar refractivity (Wildman–Crippen MR) is 164 cm³/mol. The number of benzene rings is 4. The van der Waals surface area contributed by atoms with Gasteiger partial charge in [0.05, 0.1) is 17.9 Å². The van der Waals surface area contributed by atoms with Crippen LogP contribution in [0, 0.1) is 0 Å². The van der Waals surface area contributed by atoms with E-state index in [0.29, 0.717) is 41.7 Å². The Kier molecular flexibility index (Phi) is 8.49. The molecule has 0 aliphatic heterocycles. The van der Waals surface area contributed by atoms with E-state index in [4.69, 9.17) is 14.9 Å². The van der Waals surface area contributed by atoms with Gasteiger partial charge in [-0.05, 0) is 67.1 Å². The summed E-state index contributed by atoms with van der Waals surface area (Å²) in [6, 6.07) is 32.0. The lowest BCUT2D eigenvalue weighted by Gasteiger charge is -2.23. The van der Waals surface area contributed by atoms with Crippen LogP contribution in [0.3, 0.4) is 0 Å².